The second kappa shape index (κ2) is 7.23. The molecule has 0 aromatic heterocycles. The molecule has 2 fully saturated rings. The Morgan fingerprint density at radius 1 is 1.24 bits per heavy atom. The van der Waals surface area contributed by atoms with E-state index in [-0.39, 0.29) is 42.6 Å². The number of amides is 3. The lowest BCUT2D eigenvalue weighted by Gasteiger charge is -2.30. The monoisotopic (exact) mass is 346 g/mol. The number of imide groups is 1. The van der Waals surface area contributed by atoms with Gasteiger partial charge in [0.25, 0.3) is 5.91 Å². The molecule has 1 aromatic carbocycles. The molecule has 0 saturated carbocycles. The smallest absolute Gasteiger partial charge is 0.288 e. The summed E-state index contributed by atoms with van der Waals surface area (Å²) < 4.78 is 5.12. The Morgan fingerprint density at radius 2 is 1.88 bits per heavy atom. The highest BCUT2D eigenvalue weighted by Crippen LogP contribution is 2.19. The van der Waals surface area contributed by atoms with Crippen LogP contribution in [0.15, 0.2) is 24.3 Å². The molecular formula is C18H24N3O4+. The number of nitrogens with one attached hydrogen (secondary N) is 1. The lowest BCUT2D eigenvalue weighted by atomic mass is 9.95. The highest BCUT2D eigenvalue weighted by Gasteiger charge is 2.46. The number of quaternary nitrogens is 1. The molecule has 2 heterocycles. The van der Waals surface area contributed by atoms with Gasteiger partial charge in [-0.3, -0.25) is 19.3 Å². The number of carbonyl (C=O) groups is 3. The first kappa shape index (κ1) is 17.4. The molecule has 0 unspecified atom stereocenters. The fraction of sp³-hybridized carbons (Fsp3) is 0.500. The van der Waals surface area contributed by atoms with Crippen LogP contribution in [-0.4, -0.2) is 48.9 Å². The quantitative estimate of drug-likeness (QED) is 0.676. The molecule has 7 heteroatoms. The summed E-state index contributed by atoms with van der Waals surface area (Å²) in [4.78, 5) is 38.8. The van der Waals surface area contributed by atoms with E-state index in [0.29, 0.717) is 25.9 Å². The van der Waals surface area contributed by atoms with Crippen LogP contribution in [0.25, 0.3) is 0 Å². The molecular weight excluding hydrogens is 322 g/mol. The SMILES string of the molecule is COc1ccc(CN2C(=O)C[C@@H]([NH+]3CCC(C(N)=O)CC3)C2=O)cc1. The van der Waals surface area contributed by atoms with Crippen LogP contribution in [0.4, 0.5) is 0 Å². The topological polar surface area (TPSA) is 94.1 Å². The summed E-state index contributed by atoms with van der Waals surface area (Å²) in [5.74, 6) is 0.117. The average Bonchev–Trinajstić information content (AvgIpc) is 2.90. The van der Waals surface area contributed by atoms with Crippen LogP contribution in [0.5, 0.6) is 5.75 Å². The van der Waals surface area contributed by atoms with Crippen LogP contribution < -0.4 is 15.4 Å². The van der Waals surface area contributed by atoms with E-state index in [2.05, 4.69) is 0 Å². The third-order valence-corrected chi connectivity index (χ3v) is 5.27. The van der Waals surface area contributed by atoms with E-state index in [1.807, 2.05) is 24.3 Å². The fourth-order valence-electron chi connectivity index (χ4n) is 3.70. The van der Waals surface area contributed by atoms with Gasteiger partial charge in [0.05, 0.1) is 33.2 Å². The number of methoxy groups -OCH3 is 1. The van der Waals surface area contributed by atoms with Gasteiger partial charge in [-0.1, -0.05) is 12.1 Å². The van der Waals surface area contributed by atoms with Crippen LogP contribution in [0.2, 0.25) is 0 Å². The van der Waals surface area contributed by atoms with Crippen LogP contribution in [0.1, 0.15) is 24.8 Å². The van der Waals surface area contributed by atoms with Crippen LogP contribution in [0.3, 0.4) is 0 Å². The van der Waals surface area contributed by atoms with E-state index in [9.17, 15) is 14.4 Å². The van der Waals surface area contributed by atoms with Crippen molar-refractivity contribution < 1.29 is 24.0 Å². The molecule has 134 valence electrons. The average molecular weight is 346 g/mol. The molecule has 2 saturated heterocycles. The predicted molar refractivity (Wildman–Crippen MR) is 89.6 cm³/mol. The zero-order chi connectivity index (χ0) is 18.0. The second-order valence-electron chi connectivity index (χ2n) is 6.76. The summed E-state index contributed by atoms with van der Waals surface area (Å²) in [5, 5.41) is 0. The first-order valence-electron chi connectivity index (χ1n) is 8.60. The summed E-state index contributed by atoms with van der Waals surface area (Å²) in [6.45, 7) is 1.69. The number of hydrogen-bond donors (Lipinski definition) is 2. The van der Waals surface area contributed by atoms with E-state index in [0.717, 1.165) is 16.2 Å². The number of benzene rings is 1. The predicted octanol–water partition coefficient (Wildman–Crippen LogP) is -0.897. The maximum absolute atomic E-state index is 12.7. The number of likely N-dealkylation sites (tertiary alicyclic amines) is 2. The normalized spacial score (nSPS) is 26.8. The van der Waals surface area contributed by atoms with Crippen molar-refractivity contribution in [1.29, 1.82) is 0 Å². The number of nitrogens with zero attached hydrogens (tertiary/aromatic N) is 1. The number of ether oxygens (including phenoxy) is 1. The minimum absolute atomic E-state index is 0.105. The van der Waals surface area contributed by atoms with Crippen molar-refractivity contribution in [3.63, 3.8) is 0 Å². The van der Waals surface area contributed by atoms with Crippen molar-refractivity contribution in [2.24, 2.45) is 11.7 Å². The molecule has 3 amide bonds. The highest BCUT2D eigenvalue weighted by atomic mass is 16.5. The third-order valence-electron chi connectivity index (χ3n) is 5.27. The summed E-state index contributed by atoms with van der Waals surface area (Å²) in [7, 11) is 1.59. The third kappa shape index (κ3) is 3.66. The molecule has 0 bridgehead atoms. The number of rotatable bonds is 5. The zero-order valence-electron chi connectivity index (χ0n) is 14.4. The molecule has 0 spiro atoms. The number of carbonyl (C=O) groups excluding carboxylic acids is 3. The van der Waals surface area contributed by atoms with Gasteiger partial charge >= 0.3 is 0 Å². The van der Waals surface area contributed by atoms with Crippen molar-refractivity contribution in [2.45, 2.75) is 31.8 Å². The van der Waals surface area contributed by atoms with E-state index >= 15 is 0 Å². The summed E-state index contributed by atoms with van der Waals surface area (Å²) in [6, 6.07) is 7.02. The number of piperidine rings is 1. The van der Waals surface area contributed by atoms with Crippen molar-refractivity contribution >= 4 is 17.7 Å². The first-order chi connectivity index (χ1) is 12.0. The zero-order valence-corrected chi connectivity index (χ0v) is 14.4. The molecule has 25 heavy (non-hydrogen) atoms. The lowest BCUT2D eigenvalue weighted by Crippen LogP contribution is -3.17. The molecule has 1 aromatic rings. The number of nitrogens with two attached hydrogens (primary N) is 1. The Morgan fingerprint density at radius 3 is 2.44 bits per heavy atom. The van der Waals surface area contributed by atoms with E-state index in [4.69, 9.17) is 10.5 Å². The molecule has 3 rings (SSSR count). The van der Waals surface area contributed by atoms with Crippen molar-refractivity contribution in [3.05, 3.63) is 29.8 Å². The molecule has 3 N–H and O–H groups in total. The Balaban J connectivity index is 1.63. The summed E-state index contributed by atoms with van der Waals surface area (Å²) in [5.41, 5.74) is 6.25. The summed E-state index contributed by atoms with van der Waals surface area (Å²) >= 11 is 0. The standard InChI is InChI=1S/C18H23N3O4/c1-25-14-4-2-12(3-5-14)11-21-16(22)10-15(18(21)24)20-8-6-13(7-9-20)17(19)23/h2-5,13,15H,6-11H2,1H3,(H2,19,23)/p+1/t15-/m1/s1. The molecule has 0 aliphatic carbocycles. The maximum atomic E-state index is 12.7. The van der Waals surface area contributed by atoms with Gasteiger partial charge in [-0.2, -0.15) is 0 Å². The van der Waals surface area contributed by atoms with E-state index < -0.39 is 0 Å². The minimum Gasteiger partial charge on any atom is -0.497 e. The van der Waals surface area contributed by atoms with Crippen LogP contribution >= 0.6 is 0 Å². The first-order valence-corrected chi connectivity index (χ1v) is 8.60. The van der Waals surface area contributed by atoms with Crippen LogP contribution in [0, 0.1) is 5.92 Å². The van der Waals surface area contributed by atoms with Crippen LogP contribution in [-0.2, 0) is 20.9 Å². The molecule has 2 aliphatic heterocycles. The van der Waals surface area contributed by atoms with Crippen molar-refractivity contribution in [2.75, 3.05) is 20.2 Å². The molecule has 0 radical (unpaired) electrons. The number of hydrogen-bond acceptors (Lipinski definition) is 4. The maximum Gasteiger partial charge on any atom is 0.288 e. The molecule has 7 nitrogen and oxygen atoms in total. The lowest BCUT2D eigenvalue weighted by molar-refractivity contribution is -0.920. The Hall–Kier alpha value is -2.41. The van der Waals surface area contributed by atoms with Gasteiger partial charge in [-0.05, 0) is 17.7 Å². The number of primary amides is 1. The largest absolute Gasteiger partial charge is 0.497 e. The fourth-order valence-corrected chi connectivity index (χ4v) is 3.70. The van der Waals surface area contributed by atoms with Gasteiger partial charge in [0.1, 0.15) is 5.75 Å². The van der Waals surface area contributed by atoms with E-state index in [1.165, 1.54) is 4.90 Å². The molecule has 2 aliphatic rings. The Bertz CT molecular complexity index is 665. The van der Waals surface area contributed by atoms with Gasteiger partial charge in [-0.25, -0.2) is 0 Å². The minimum atomic E-state index is -0.334. The van der Waals surface area contributed by atoms with Gasteiger partial charge in [0.2, 0.25) is 11.8 Å². The van der Waals surface area contributed by atoms with Gasteiger partial charge in [0, 0.05) is 18.8 Å². The van der Waals surface area contributed by atoms with Crippen molar-refractivity contribution in [3.8, 4) is 5.75 Å². The summed E-state index contributed by atoms with van der Waals surface area (Å²) in [6.07, 6.45) is 1.60. The Labute approximate surface area is 146 Å². The van der Waals surface area contributed by atoms with E-state index in [1.54, 1.807) is 7.11 Å². The highest BCUT2D eigenvalue weighted by molar-refractivity contribution is 6.04. The Kier molecular flexibility index (Phi) is 5.03. The van der Waals surface area contributed by atoms with Gasteiger partial charge in [0.15, 0.2) is 6.04 Å². The molecule has 1 atom stereocenters. The van der Waals surface area contributed by atoms with Gasteiger partial charge in [-0.15, -0.1) is 0 Å². The van der Waals surface area contributed by atoms with Gasteiger partial charge < -0.3 is 15.4 Å². The van der Waals surface area contributed by atoms with Crippen molar-refractivity contribution in [1.82, 2.24) is 4.90 Å². The second-order valence-corrected chi connectivity index (χ2v) is 6.76.